The second-order valence-corrected chi connectivity index (χ2v) is 7.53. The van der Waals surface area contributed by atoms with Gasteiger partial charge >= 0.3 is 0 Å². The van der Waals surface area contributed by atoms with Crippen molar-refractivity contribution in [3.8, 4) is 5.75 Å². The number of carbonyl (C=O) groups is 1. The van der Waals surface area contributed by atoms with Crippen molar-refractivity contribution in [2.45, 2.75) is 37.4 Å². The summed E-state index contributed by atoms with van der Waals surface area (Å²) in [5, 5.41) is 9.89. The van der Waals surface area contributed by atoms with Gasteiger partial charge in [-0.2, -0.15) is 0 Å². The standard InChI is InChI=1S/C20H21FN4O2S/c1-13-5-3-4-6-17(13)27-12-18-23-20(25-24-18)28-14(2)19(26)22-11-15-7-9-16(21)10-8-15/h3-10,14H,11-12H2,1-2H3,(H,22,26)(H,23,24,25)/t14-/m0/s1. The first-order valence-electron chi connectivity index (χ1n) is 8.80. The summed E-state index contributed by atoms with van der Waals surface area (Å²) < 4.78 is 18.6. The van der Waals surface area contributed by atoms with Crippen LogP contribution in [-0.4, -0.2) is 26.3 Å². The van der Waals surface area contributed by atoms with Gasteiger partial charge in [0, 0.05) is 6.54 Å². The Morgan fingerprint density at radius 3 is 2.75 bits per heavy atom. The molecule has 0 saturated carbocycles. The number of halogens is 1. The molecular formula is C20H21FN4O2S. The Morgan fingerprint density at radius 2 is 2.00 bits per heavy atom. The highest BCUT2D eigenvalue weighted by Gasteiger charge is 2.17. The van der Waals surface area contributed by atoms with Crippen molar-refractivity contribution in [3.63, 3.8) is 0 Å². The molecule has 6 nitrogen and oxygen atoms in total. The largest absolute Gasteiger partial charge is 0.485 e. The van der Waals surface area contributed by atoms with E-state index in [1.165, 1.54) is 23.9 Å². The highest BCUT2D eigenvalue weighted by atomic mass is 32.2. The predicted molar refractivity (Wildman–Crippen MR) is 105 cm³/mol. The first-order valence-corrected chi connectivity index (χ1v) is 9.68. The number of H-pyrrole nitrogens is 1. The number of benzene rings is 2. The van der Waals surface area contributed by atoms with Gasteiger partial charge in [0.25, 0.3) is 0 Å². The molecular weight excluding hydrogens is 379 g/mol. The number of hydrogen-bond donors (Lipinski definition) is 2. The minimum absolute atomic E-state index is 0.142. The lowest BCUT2D eigenvalue weighted by molar-refractivity contribution is -0.120. The molecule has 1 atom stereocenters. The van der Waals surface area contributed by atoms with Crippen molar-refractivity contribution >= 4 is 17.7 Å². The predicted octanol–water partition coefficient (Wildman–Crippen LogP) is 3.63. The summed E-state index contributed by atoms with van der Waals surface area (Å²) in [7, 11) is 0. The van der Waals surface area contributed by atoms with E-state index in [4.69, 9.17) is 4.74 Å². The van der Waals surface area contributed by atoms with E-state index in [9.17, 15) is 9.18 Å². The molecule has 0 radical (unpaired) electrons. The van der Waals surface area contributed by atoms with Crippen molar-refractivity contribution in [1.29, 1.82) is 0 Å². The van der Waals surface area contributed by atoms with E-state index in [1.807, 2.05) is 31.2 Å². The third kappa shape index (κ3) is 5.56. The molecule has 0 unspecified atom stereocenters. The SMILES string of the molecule is Cc1ccccc1OCc1nc(S[C@@H](C)C(=O)NCc2ccc(F)cc2)n[nH]1. The van der Waals surface area contributed by atoms with Gasteiger partial charge in [-0.15, -0.1) is 5.10 Å². The summed E-state index contributed by atoms with van der Waals surface area (Å²) in [6.45, 7) is 4.37. The van der Waals surface area contributed by atoms with E-state index in [0.29, 0.717) is 17.5 Å². The Kier molecular flexibility index (Phi) is 6.65. The normalized spacial score (nSPS) is 11.8. The van der Waals surface area contributed by atoms with Crippen molar-refractivity contribution < 1.29 is 13.9 Å². The topological polar surface area (TPSA) is 79.9 Å². The first kappa shape index (κ1) is 19.9. The highest BCUT2D eigenvalue weighted by molar-refractivity contribution is 8.00. The minimum atomic E-state index is -0.374. The average Bonchev–Trinajstić information content (AvgIpc) is 3.14. The maximum absolute atomic E-state index is 12.9. The Bertz CT molecular complexity index is 930. The van der Waals surface area contributed by atoms with Crippen molar-refractivity contribution in [1.82, 2.24) is 20.5 Å². The van der Waals surface area contributed by atoms with Gasteiger partial charge in [-0.05, 0) is 43.2 Å². The number of nitrogens with one attached hydrogen (secondary N) is 2. The lowest BCUT2D eigenvalue weighted by atomic mass is 10.2. The molecule has 3 aromatic rings. The molecule has 146 valence electrons. The van der Waals surface area contributed by atoms with E-state index in [1.54, 1.807) is 19.1 Å². The van der Waals surface area contributed by atoms with E-state index in [-0.39, 0.29) is 23.6 Å². The summed E-state index contributed by atoms with van der Waals surface area (Å²) in [6.07, 6.45) is 0. The second-order valence-electron chi connectivity index (χ2n) is 6.22. The van der Waals surface area contributed by atoms with Crippen LogP contribution in [0.4, 0.5) is 4.39 Å². The lowest BCUT2D eigenvalue weighted by Gasteiger charge is -2.10. The summed E-state index contributed by atoms with van der Waals surface area (Å²) in [5.74, 6) is 0.939. The minimum Gasteiger partial charge on any atom is -0.485 e. The van der Waals surface area contributed by atoms with E-state index in [0.717, 1.165) is 16.9 Å². The number of hydrogen-bond acceptors (Lipinski definition) is 5. The summed E-state index contributed by atoms with van der Waals surface area (Å²) >= 11 is 1.25. The van der Waals surface area contributed by atoms with E-state index >= 15 is 0 Å². The number of nitrogens with zero attached hydrogens (tertiary/aromatic N) is 2. The summed E-state index contributed by atoms with van der Waals surface area (Å²) in [5.41, 5.74) is 1.88. The Morgan fingerprint density at radius 1 is 1.25 bits per heavy atom. The second kappa shape index (κ2) is 9.36. The number of aromatic amines is 1. The fourth-order valence-corrected chi connectivity index (χ4v) is 3.17. The molecule has 0 aliphatic rings. The average molecular weight is 400 g/mol. The zero-order valence-corrected chi connectivity index (χ0v) is 16.4. The number of carbonyl (C=O) groups excluding carboxylic acids is 1. The van der Waals surface area contributed by atoms with Crippen molar-refractivity contribution in [2.24, 2.45) is 0 Å². The van der Waals surface area contributed by atoms with Crippen LogP contribution in [0.3, 0.4) is 0 Å². The fraction of sp³-hybridized carbons (Fsp3) is 0.250. The zero-order valence-electron chi connectivity index (χ0n) is 15.6. The summed E-state index contributed by atoms with van der Waals surface area (Å²) in [6, 6.07) is 13.8. The fourth-order valence-electron chi connectivity index (χ4n) is 2.41. The van der Waals surface area contributed by atoms with Crippen LogP contribution in [0.2, 0.25) is 0 Å². The van der Waals surface area contributed by atoms with Gasteiger partial charge in [-0.3, -0.25) is 9.89 Å². The van der Waals surface area contributed by atoms with Gasteiger partial charge in [0.2, 0.25) is 11.1 Å². The van der Waals surface area contributed by atoms with Gasteiger partial charge < -0.3 is 10.1 Å². The molecule has 0 spiro atoms. The number of para-hydroxylation sites is 1. The molecule has 0 bridgehead atoms. The molecule has 8 heteroatoms. The van der Waals surface area contributed by atoms with Crippen LogP contribution in [-0.2, 0) is 17.9 Å². The smallest absolute Gasteiger partial charge is 0.233 e. The number of thioether (sulfide) groups is 1. The maximum atomic E-state index is 12.9. The molecule has 1 aromatic heterocycles. The van der Waals surface area contributed by atoms with Crippen LogP contribution in [0.25, 0.3) is 0 Å². The van der Waals surface area contributed by atoms with Gasteiger partial charge in [-0.1, -0.05) is 42.1 Å². The maximum Gasteiger partial charge on any atom is 0.233 e. The van der Waals surface area contributed by atoms with E-state index < -0.39 is 0 Å². The molecule has 1 heterocycles. The molecule has 0 aliphatic carbocycles. The van der Waals surface area contributed by atoms with Crippen LogP contribution in [0.5, 0.6) is 5.75 Å². The first-order chi connectivity index (χ1) is 13.5. The summed E-state index contributed by atoms with van der Waals surface area (Å²) in [4.78, 5) is 16.6. The Hall–Kier alpha value is -2.87. The Balaban J connectivity index is 1.47. The third-order valence-corrected chi connectivity index (χ3v) is 4.96. The Labute approximate surface area is 166 Å². The van der Waals surface area contributed by atoms with Gasteiger partial charge in [0.15, 0.2) is 5.82 Å². The third-order valence-electron chi connectivity index (χ3n) is 4.00. The molecule has 2 aromatic carbocycles. The number of aryl methyl sites for hydroxylation is 1. The highest BCUT2D eigenvalue weighted by Crippen LogP contribution is 2.21. The molecule has 0 fully saturated rings. The van der Waals surface area contributed by atoms with Crippen molar-refractivity contribution in [2.75, 3.05) is 0 Å². The van der Waals surface area contributed by atoms with Gasteiger partial charge in [0.1, 0.15) is 18.2 Å². The molecule has 1 amide bonds. The molecule has 2 N–H and O–H groups in total. The number of ether oxygens (including phenoxy) is 1. The monoisotopic (exact) mass is 400 g/mol. The molecule has 0 aliphatic heterocycles. The van der Waals surface area contributed by atoms with Gasteiger partial charge in [-0.25, -0.2) is 9.37 Å². The number of amides is 1. The van der Waals surface area contributed by atoms with Crippen LogP contribution < -0.4 is 10.1 Å². The molecule has 28 heavy (non-hydrogen) atoms. The van der Waals surface area contributed by atoms with Gasteiger partial charge in [0.05, 0.1) is 5.25 Å². The molecule has 3 rings (SSSR count). The molecule has 0 saturated heterocycles. The number of aromatic nitrogens is 3. The van der Waals surface area contributed by atoms with E-state index in [2.05, 4.69) is 20.5 Å². The van der Waals surface area contributed by atoms with Crippen LogP contribution >= 0.6 is 11.8 Å². The quantitative estimate of drug-likeness (QED) is 0.565. The number of rotatable bonds is 8. The van der Waals surface area contributed by atoms with Crippen LogP contribution in [0, 0.1) is 12.7 Å². The van der Waals surface area contributed by atoms with Crippen LogP contribution in [0.15, 0.2) is 53.7 Å². The van der Waals surface area contributed by atoms with Crippen molar-refractivity contribution in [3.05, 3.63) is 71.3 Å². The zero-order chi connectivity index (χ0) is 19.9. The lowest BCUT2D eigenvalue weighted by Crippen LogP contribution is -2.30. The van der Waals surface area contributed by atoms with Crippen LogP contribution in [0.1, 0.15) is 23.9 Å².